The molecule has 1 aromatic heterocycles. The van der Waals surface area contributed by atoms with E-state index >= 15 is 0 Å². The maximum Gasteiger partial charge on any atom is 0.250 e. The molecule has 25 heavy (non-hydrogen) atoms. The third kappa shape index (κ3) is 2.81. The first-order chi connectivity index (χ1) is 11.8. The summed E-state index contributed by atoms with van der Waals surface area (Å²) in [7, 11) is -3.29. The molecule has 5 nitrogen and oxygen atoms in total. The molecule has 0 N–H and O–H groups in total. The van der Waals surface area contributed by atoms with E-state index in [1.165, 1.54) is 22.7 Å². The van der Waals surface area contributed by atoms with E-state index in [9.17, 15) is 17.6 Å². The molecule has 2 bridgehead atoms. The topological polar surface area (TPSA) is 59.4 Å². The Morgan fingerprint density at radius 3 is 2.52 bits per heavy atom. The number of hydrogen-bond acceptors (Lipinski definition) is 3. The fraction of sp³-hybridized carbons (Fsp3) is 0.389. The van der Waals surface area contributed by atoms with E-state index in [0.717, 1.165) is 12.1 Å². The summed E-state index contributed by atoms with van der Waals surface area (Å²) in [5.41, 5.74) is 1.76. The first-order valence-electron chi connectivity index (χ1n) is 8.28. The normalized spacial score (nSPS) is 23.3. The number of nitrogens with zero attached hydrogens (tertiary/aromatic N) is 2. The van der Waals surface area contributed by atoms with E-state index < -0.39 is 10.0 Å². The monoisotopic (exact) mass is 362 g/mol. The maximum atomic E-state index is 14.3. The van der Waals surface area contributed by atoms with Gasteiger partial charge in [-0.3, -0.25) is 4.79 Å². The number of rotatable bonds is 2. The van der Waals surface area contributed by atoms with E-state index in [1.807, 2.05) is 0 Å². The Morgan fingerprint density at radius 2 is 1.80 bits per heavy atom. The lowest BCUT2D eigenvalue weighted by atomic mass is 9.81. The lowest BCUT2D eigenvalue weighted by Crippen LogP contribution is -2.49. The predicted molar refractivity (Wildman–Crippen MR) is 93.4 cm³/mol. The van der Waals surface area contributed by atoms with Gasteiger partial charge in [0.2, 0.25) is 10.0 Å². The average Bonchev–Trinajstić information content (AvgIpc) is 2.55. The van der Waals surface area contributed by atoms with Crippen molar-refractivity contribution in [1.29, 1.82) is 0 Å². The highest BCUT2D eigenvalue weighted by Crippen LogP contribution is 2.40. The minimum atomic E-state index is -3.29. The Labute approximate surface area is 145 Å². The molecule has 2 aliphatic heterocycles. The highest BCUT2D eigenvalue weighted by molar-refractivity contribution is 7.88. The highest BCUT2D eigenvalue weighted by Gasteiger charge is 2.39. The molecule has 4 rings (SSSR count). The van der Waals surface area contributed by atoms with Crippen molar-refractivity contribution in [2.75, 3.05) is 19.3 Å². The van der Waals surface area contributed by atoms with Gasteiger partial charge >= 0.3 is 0 Å². The van der Waals surface area contributed by atoms with Crippen LogP contribution in [0.15, 0.2) is 41.2 Å². The van der Waals surface area contributed by atoms with Crippen LogP contribution >= 0.6 is 0 Å². The number of aromatic nitrogens is 1. The maximum absolute atomic E-state index is 14.3. The number of halogens is 1. The molecule has 0 amide bonds. The van der Waals surface area contributed by atoms with Gasteiger partial charge in [-0.1, -0.05) is 18.2 Å². The Hall–Kier alpha value is -1.99. The number of benzene rings is 1. The molecule has 132 valence electrons. The van der Waals surface area contributed by atoms with Crippen molar-refractivity contribution < 1.29 is 12.8 Å². The number of sulfonamides is 1. The molecular formula is C18H19FN2O3S. The summed E-state index contributed by atoms with van der Waals surface area (Å²) in [5.74, 6) is -0.345. The Morgan fingerprint density at radius 1 is 1.04 bits per heavy atom. The first-order valence-corrected chi connectivity index (χ1v) is 10.1. The second-order valence-electron chi connectivity index (χ2n) is 6.94. The minimum Gasteiger partial charge on any atom is -0.311 e. The molecule has 0 aliphatic carbocycles. The number of pyridine rings is 1. The zero-order chi connectivity index (χ0) is 17.8. The molecule has 7 heteroatoms. The Balaban J connectivity index is 1.89. The summed E-state index contributed by atoms with van der Waals surface area (Å²) in [6.45, 7) is 1.24. The summed E-state index contributed by atoms with van der Waals surface area (Å²) >= 11 is 0. The van der Waals surface area contributed by atoms with Crippen LogP contribution in [0.25, 0.3) is 11.1 Å². The molecule has 1 fully saturated rings. The van der Waals surface area contributed by atoms with Gasteiger partial charge in [-0.25, -0.2) is 17.1 Å². The number of fused-ring (bicyclic) bond motifs is 4. The van der Waals surface area contributed by atoms with E-state index in [4.69, 9.17) is 0 Å². The number of piperidine rings is 1. The first kappa shape index (κ1) is 16.5. The summed E-state index contributed by atoms with van der Waals surface area (Å²) in [6, 6.07) is 9.61. The van der Waals surface area contributed by atoms with Crippen molar-refractivity contribution in [2.24, 2.45) is 5.92 Å². The quantitative estimate of drug-likeness (QED) is 0.821. The standard InChI is InChI=1S/C18H19FN2O3S/c1-25(23,24)20-9-12-8-13(11-20)18-15(6-7-17(22)21(18)10-12)14-4-2-3-5-16(14)19/h2-7,12-13H,8-11H2,1H3/t12-,13+/m0/s1. The van der Waals surface area contributed by atoms with E-state index in [0.29, 0.717) is 30.8 Å². The molecule has 1 aromatic carbocycles. The third-order valence-corrected chi connectivity index (χ3v) is 6.43. The largest absolute Gasteiger partial charge is 0.311 e. The SMILES string of the molecule is CS(=O)(=O)N1C[C@@H]2C[C@H](C1)c1c(-c3ccccc3F)ccc(=O)n1C2. The fourth-order valence-corrected chi connectivity index (χ4v) is 5.08. The lowest BCUT2D eigenvalue weighted by Gasteiger charge is -2.42. The van der Waals surface area contributed by atoms with Gasteiger partial charge in [0.15, 0.2) is 0 Å². The number of hydrogen-bond donors (Lipinski definition) is 0. The molecule has 2 aliphatic rings. The van der Waals surface area contributed by atoms with Gasteiger partial charge in [-0.15, -0.1) is 0 Å². The summed E-state index contributed by atoms with van der Waals surface area (Å²) in [4.78, 5) is 12.4. The van der Waals surface area contributed by atoms with E-state index in [2.05, 4.69) is 0 Å². The van der Waals surface area contributed by atoms with Crippen LogP contribution in [0.5, 0.6) is 0 Å². The van der Waals surface area contributed by atoms with Crippen molar-refractivity contribution in [3.63, 3.8) is 0 Å². The van der Waals surface area contributed by atoms with Crippen molar-refractivity contribution >= 4 is 10.0 Å². The van der Waals surface area contributed by atoms with Gasteiger partial charge in [0.25, 0.3) is 5.56 Å². The molecular weight excluding hydrogens is 343 g/mol. The van der Waals surface area contributed by atoms with E-state index in [-0.39, 0.29) is 23.2 Å². The van der Waals surface area contributed by atoms with Crippen molar-refractivity contribution in [1.82, 2.24) is 8.87 Å². The molecule has 1 saturated heterocycles. The second-order valence-corrected chi connectivity index (χ2v) is 8.92. The van der Waals surface area contributed by atoms with Crippen LogP contribution in [-0.4, -0.2) is 36.6 Å². The summed E-state index contributed by atoms with van der Waals surface area (Å²) < 4.78 is 41.5. The lowest BCUT2D eigenvalue weighted by molar-refractivity contribution is 0.187. The van der Waals surface area contributed by atoms with Crippen LogP contribution in [0.3, 0.4) is 0 Å². The van der Waals surface area contributed by atoms with Crippen LogP contribution in [-0.2, 0) is 16.6 Å². The third-order valence-electron chi connectivity index (χ3n) is 5.19. The van der Waals surface area contributed by atoms with Crippen LogP contribution < -0.4 is 5.56 Å². The van der Waals surface area contributed by atoms with Crippen molar-refractivity contribution in [3.05, 3.63) is 58.3 Å². The van der Waals surface area contributed by atoms with E-state index in [1.54, 1.807) is 28.8 Å². The van der Waals surface area contributed by atoms with Gasteiger partial charge in [-0.05, 0) is 24.5 Å². The van der Waals surface area contributed by atoms with Gasteiger partial charge in [0, 0.05) is 48.4 Å². The summed E-state index contributed by atoms with van der Waals surface area (Å²) in [5, 5.41) is 0. The minimum absolute atomic E-state index is 0.106. The van der Waals surface area contributed by atoms with Crippen LogP contribution in [0.1, 0.15) is 18.0 Å². The van der Waals surface area contributed by atoms with Crippen molar-refractivity contribution in [3.8, 4) is 11.1 Å². The molecule has 2 aromatic rings. The predicted octanol–water partition coefficient (Wildman–Crippen LogP) is 2.03. The Kier molecular flexibility index (Phi) is 3.81. The molecule has 0 radical (unpaired) electrons. The zero-order valence-corrected chi connectivity index (χ0v) is 14.7. The highest BCUT2D eigenvalue weighted by atomic mass is 32.2. The Bertz CT molecular complexity index is 1000. The van der Waals surface area contributed by atoms with Gasteiger partial charge in [-0.2, -0.15) is 0 Å². The van der Waals surface area contributed by atoms with Gasteiger partial charge in [0.05, 0.1) is 6.26 Å². The smallest absolute Gasteiger partial charge is 0.250 e. The van der Waals surface area contributed by atoms with Crippen LogP contribution in [0.2, 0.25) is 0 Å². The summed E-state index contributed by atoms with van der Waals surface area (Å²) in [6.07, 6.45) is 2.03. The molecule has 0 spiro atoms. The van der Waals surface area contributed by atoms with Crippen LogP contribution in [0.4, 0.5) is 4.39 Å². The van der Waals surface area contributed by atoms with Crippen LogP contribution in [0, 0.1) is 11.7 Å². The molecule has 2 atom stereocenters. The van der Waals surface area contributed by atoms with Crippen molar-refractivity contribution in [2.45, 2.75) is 18.9 Å². The van der Waals surface area contributed by atoms with Gasteiger partial charge < -0.3 is 4.57 Å². The zero-order valence-electron chi connectivity index (χ0n) is 13.9. The average molecular weight is 362 g/mol. The second kappa shape index (κ2) is 5.78. The fourth-order valence-electron chi connectivity index (χ4n) is 4.15. The molecule has 0 saturated carbocycles. The molecule has 3 heterocycles. The molecule has 0 unspecified atom stereocenters. The van der Waals surface area contributed by atoms with Gasteiger partial charge in [0.1, 0.15) is 5.82 Å².